The minimum absolute atomic E-state index is 0.316. The van der Waals surface area contributed by atoms with Crippen molar-refractivity contribution in [3.63, 3.8) is 0 Å². The van der Waals surface area contributed by atoms with Crippen LogP contribution in [-0.2, 0) is 12.8 Å². The van der Waals surface area contributed by atoms with Gasteiger partial charge < -0.3 is 20.0 Å². The van der Waals surface area contributed by atoms with Crippen LogP contribution in [0, 0.1) is 48.1 Å². The molecule has 17 heteroatoms. The van der Waals surface area contributed by atoms with Gasteiger partial charge in [0.2, 0.25) is 0 Å². The Morgan fingerprint density at radius 1 is 0.698 bits per heavy atom. The Labute approximate surface area is 380 Å². The zero-order chi connectivity index (χ0) is 44.5. The summed E-state index contributed by atoms with van der Waals surface area (Å²) in [6, 6.07) is 20.8. The Bertz CT molecular complexity index is 3040. The number of pyridine rings is 2. The standard InChI is InChI=1S/C25H26FN7S.C21H17BrFN5S/c1-4-20-24(33-15-19(13-16(2)23(33)29-20)32-11-9-28-10-12-32)31(3)25-30-22(21(14-27)34-25)17-5-7-18(26)8-6-17;1-4-16-20(28-11-14(22)9-12(2)19(28)25-16)27(3)21-26-18(17(10-24)29-21)13-5-7-15(23)8-6-13/h5-8,13,15,28H,4,9-12H2,1-3H3;5-9,11H,4H2,1-3H3. The first-order valence-electron chi connectivity index (χ1n) is 20.4. The molecular weight excluding hydrogens is 903 g/mol. The van der Waals surface area contributed by atoms with E-state index < -0.39 is 0 Å². The van der Waals surface area contributed by atoms with E-state index in [1.165, 1.54) is 52.6 Å². The first-order valence-corrected chi connectivity index (χ1v) is 22.8. The number of imidazole rings is 2. The first kappa shape index (κ1) is 43.4. The van der Waals surface area contributed by atoms with Crippen LogP contribution in [0.15, 0.2) is 77.5 Å². The van der Waals surface area contributed by atoms with Gasteiger partial charge in [-0.3, -0.25) is 8.80 Å². The maximum Gasteiger partial charge on any atom is 0.192 e. The maximum atomic E-state index is 13.4. The van der Waals surface area contributed by atoms with Crippen molar-refractivity contribution in [2.75, 3.05) is 55.0 Å². The topological polar surface area (TPSA) is 130 Å². The van der Waals surface area contributed by atoms with Crippen molar-refractivity contribution in [3.05, 3.63) is 121 Å². The third kappa shape index (κ3) is 8.49. The number of nitrogens with zero attached hydrogens (tertiary/aromatic N) is 11. The lowest BCUT2D eigenvalue weighted by molar-refractivity contribution is 0.588. The molecule has 0 spiro atoms. The second-order valence-corrected chi connectivity index (χ2v) is 17.9. The SMILES string of the molecule is CCc1nc2c(C)cc(Br)cn2c1N(C)c1nc(-c2ccc(F)cc2)c(C#N)s1.CCc1nc2c(C)cc(N3CCNCC3)cn2c1N(C)c1nc(-c2ccc(F)cc2)c(C#N)s1. The molecule has 8 aromatic rings. The second-order valence-electron chi connectivity index (χ2n) is 15.0. The molecule has 1 saturated heterocycles. The Kier molecular flexibility index (Phi) is 12.6. The normalized spacial score (nSPS) is 12.6. The monoisotopic (exact) mass is 944 g/mol. The molecule has 0 atom stereocenters. The second kappa shape index (κ2) is 18.2. The van der Waals surface area contributed by atoms with Gasteiger partial charge in [-0.25, -0.2) is 28.7 Å². The van der Waals surface area contributed by atoms with Gasteiger partial charge in [-0.05, 0) is 114 Å². The van der Waals surface area contributed by atoms with Gasteiger partial charge in [-0.1, -0.05) is 36.5 Å². The lowest BCUT2D eigenvalue weighted by Crippen LogP contribution is -2.43. The lowest BCUT2D eigenvalue weighted by atomic mass is 10.1. The molecule has 0 saturated carbocycles. The zero-order valence-corrected chi connectivity index (χ0v) is 38.8. The van der Waals surface area contributed by atoms with E-state index in [4.69, 9.17) is 19.9 Å². The summed E-state index contributed by atoms with van der Waals surface area (Å²) in [5.74, 6) is 1.22. The molecule has 1 aliphatic rings. The van der Waals surface area contributed by atoms with E-state index in [1.54, 1.807) is 24.3 Å². The van der Waals surface area contributed by atoms with E-state index in [1.807, 2.05) is 47.5 Å². The smallest absolute Gasteiger partial charge is 0.192 e. The van der Waals surface area contributed by atoms with Crippen molar-refractivity contribution in [2.24, 2.45) is 0 Å². The number of halogens is 3. The largest absolute Gasteiger partial charge is 0.368 e. The van der Waals surface area contributed by atoms with Crippen LogP contribution < -0.4 is 20.0 Å². The quantitative estimate of drug-likeness (QED) is 0.149. The van der Waals surface area contributed by atoms with Crippen molar-refractivity contribution < 1.29 is 8.78 Å². The molecule has 0 bridgehead atoms. The molecule has 0 amide bonds. The van der Waals surface area contributed by atoms with Crippen LogP contribution in [0.2, 0.25) is 0 Å². The van der Waals surface area contributed by atoms with Gasteiger partial charge in [0.25, 0.3) is 0 Å². The highest BCUT2D eigenvalue weighted by molar-refractivity contribution is 9.10. The fourth-order valence-electron chi connectivity index (χ4n) is 7.76. The summed E-state index contributed by atoms with van der Waals surface area (Å²) in [6.07, 6.45) is 5.68. The predicted octanol–water partition coefficient (Wildman–Crippen LogP) is 10.4. The van der Waals surface area contributed by atoms with Gasteiger partial charge in [0, 0.05) is 68.3 Å². The van der Waals surface area contributed by atoms with Gasteiger partial charge in [-0.15, -0.1) is 0 Å². The lowest BCUT2D eigenvalue weighted by Gasteiger charge is -2.30. The van der Waals surface area contributed by atoms with Crippen LogP contribution in [-0.4, -0.2) is 69.0 Å². The van der Waals surface area contributed by atoms with Gasteiger partial charge in [0.05, 0.1) is 17.1 Å². The summed E-state index contributed by atoms with van der Waals surface area (Å²) in [5.41, 5.74) is 9.66. The Morgan fingerprint density at radius 2 is 1.14 bits per heavy atom. The average molecular weight is 946 g/mol. The average Bonchev–Trinajstić information content (AvgIpc) is 4.10. The molecule has 12 nitrogen and oxygen atoms in total. The van der Waals surface area contributed by atoms with Gasteiger partial charge in [-0.2, -0.15) is 10.5 Å². The molecule has 2 aromatic carbocycles. The van der Waals surface area contributed by atoms with Gasteiger partial charge in [0.15, 0.2) is 10.3 Å². The summed E-state index contributed by atoms with van der Waals surface area (Å²) in [5, 5.41) is 24.1. The van der Waals surface area contributed by atoms with Crippen LogP contribution in [0.25, 0.3) is 33.8 Å². The molecule has 0 aliphatic carbocycles. The molecule has 1 fully saturated rings. The molecule has 6 aromatic heterocycles. The molecular formula is C46H43BrF2N12S2. The van der Waals surface area contributed by atoms with E-state index >= 15 is 0 Å². The number of rotatable bonds is 9. The molecule has 0 unspecified atom stereocenters. The fourth-order valence-corrected chi connectivity index (χ4v) is 10.0. The van der Waals surface area contributed by atoms with Crippen molar-refractivity contribution >= 4 is 77.5 Å². The van der Waals surface area contributed by atoms with Crippen molar-refractivity contribution in [1.29, 1.82) is 10.5 Å². The molecule has 0 radical (unpaired) electrons. The van der Waals surface area contributed by atoms with Crippen LogP contribution in [0.4, 0.5) is 36.4 Å². The summed E-state index contributed by atoms with van der Waals surface area (Å²) in [4.78, 5) is 26.6. The van der Waals surface area contributed by atoms with E-state index in [-0.39, 0.29) is 11.6 Å². The number of hydrogen-bond donors (Lipinski definition) is 1. The number of anilines is 5. The van der Waals surface area contributed by atoms with E-state index in [0.717, 1.165) is 94.5 Å². The number of thiazole rings is 2. The number of nitriles is 2. The van der Waals surface area contributed by atoms with E-state index in [9.17, 15) is 19.3 Å². The maximum absolute atomic E-state index is 13.4. The highest BCUT2D eigenvalue weighted by Gasteiger charge is 2.25. The van der Waals surface area contributed by atoms with Crippen molar-refractivity contribution in [2.45, 2.75) is 40.5 Å². The van der Waals surface area contributed by atoms with Crippen molar-refractivity contribution in [1.82, 2.24) is 34.1 Å². The van der Waals surface area contributed by atoms with Crippen LogP contribution in [0.1, 0.15) is 46.1 Å². The highest BCUT2D eigenvalue weighted by Crippen LogP contribution is 2.39. The Balaban J connectivity index is 0.000000175. The molecule has 1 aliphatic heterocycles. The third-order valence-electron chi connectivity index (χ3n) is 10.9. The van der Waals surface area contributed by atoms with Crippen LogP contribution in [0.5, 0.6) is 0 Å². The van der Waals surface area contributed by atoms with E-state index in [0.29, 0.717) is 37.0 Å². The molecule has 9 rings (SSSR count). The number of fused-ring (bicyclic) bond motifs is 2. The van der Waals surface area contributed by atoms with Crippen LogP contribution >= 0.6 is 38.6 Å². The van der Waals surface area contributed by atoms with Gasteiger partial charge in [0.1, 0.15) is 67.8 Å². The zero-order valence-electron chi connectivity index (χ0n) is 35.5. The molecule has 320 valence electrons. The number of aromatic nitrogens is 6. The minimum Gasteiger partial charge on any atom is -0.368 e. The number of hydrogen-bond acceptors (Lipinski definition) is 12. The third-order valence-corrected chi connectivity index (χ3v) is 13.4. The van der Waals surface area contributed by atoms with E-state index in [2.05, 4.69) is 75.7 Å². The fraction of sp³-hybridized carbons (Fsp3) is 0.261. The summed E-state index contributed by atoms with van der Waals surface area (Å²) in [6.45, 7) is 12.1. The summed E-state index contributed by atoms with van der Waals surface area (Å²) in [7, 11) is 3.89. The van der Waals surface area contributed by atoms with Crippen molar-refractivity contribution in [3.8, 4) is 34.7 Å². The molecule has 7 heterocycles. The number of nitrogens with one attached hydrogen (secondary N) is 1. The number of piperazine rings is 1. The van der Waals surface area contributed by atoms with Gasteiger partial charge >= 0.3 is 0 Å². The highest BCUT2D eigenvalue weighted by atomic mass is 79.9. The predicted molar refractivity (Wildman–Crippen MR) is 252 cm³/mol. The molecule has 63 heavy (non-hydrogen) atoms. The minimum atomic E-state index is -0.320. The summed E-state index contributed by atoms with van der Waals surface area (Å²) >= 11 is 6.20. The number of aryl methyl sites for hydroxylation is 4. The van der Waals surface area contributed by atoms with Crippen LogP contribution in [0.3, 0.4) is 0 Å². The Hall–Kier alpha value is -6.24. The first-order chi connectivity index (χ1) is 30.4. The number of benzene rings is 2. The molecule has 1 N–H and O–H groups in total. The Morgan fingerprint density at radius 3 is 1.59 bits per heavy atom. The summed E-state index contributed by atoms with van der Waals surface area (Å²) < 4.78 is 31.9.